The first kappa shape index (κ1) is 6.56. The Morgan fingerprint density at radius 2 is 2.38 bits per heavy atom. The van der Waals surface area contributed by atoms with Gasteiger partial charge in [0.25, 0.3) is 0 Å². The lowest BCUT2D eigenvalue weighted by Gasteiger charge is -2.20. The first-order valence-corrected chi connectivity index (χ1v) is 4.35. The monoisotopic (exact) mass is 177 g/mol. The lowest BCUT2D eigenvalue weighted by molar-refractivity contribution is 0.431. The molecule has 0 saturated carbocycles. The summed E-state index contributed by atoms with van der Waals surface area (Å²) in [7, 11) is 0. The van der Waals surface area contributed by atoms with Crippen molar-refractivity contribution in [3.05, 3.63) is 0 Å². The molecule has 0 aromatic carbocycles. The van der Waals surface area contributed by atoms with E-state index in [0.717, 1.165) is 11.4 Å². The summed E-state index contributed by atoms with van der Waals surface area (Å²) in [6.07, 6.45) is 4.12. The molecule has 0 aromatic rings. The second kappa shape index (κ2) is 3.46. The van der Waals surface area contributed by atoms with Crippen LogP contribution >= 0.6 is 15.9 Å². The molecule has 0 spiro atoms. The van der Waals surface area contributed by atoms with Gasteiger partial charge < -0.3 is 5.32 Å². The van der Waals surface area contributed by atoms with E-state index in [-0.39, 0.29) is 0 Å². The second-order valence-electron chi connectivity index (χ2n) is 2.30. The third kappa shape index (κ3) is 1.75. The number of nitrogens with one attached hydrogen (secondary N) is 1. The summed E-state index contributed by atoms with van der Waals surface area (Å²) in [5.74, 6) is 0. The van der Waals surface area contributed by atoms with E-state index in [1.807, 2.05) is 0 Å². The molecular formula is C6H12BrN. The Morgan fingerprint density at radius 3 is 2.75 bits per heavy atom. The minimum Gasteiger partial charge on any atom is -0.313 e. The minimum absolute atomic E-state index is 0.753. The summed E-state index contributed by atoms with van der Waals surface area (Å²) >= 11 is 3.45. The van der Waals surface area contributed by atoms with Gasteiger partial charge in [-0.15, -0.1) is 0 Å². The van der Waals surface area contributed by atoms with Gasteiger partial charge in [0.1, 0.15) is 0 Å². The van der Waals surface area contributed by atoms with Gasteiger partial charge >= 0.3 is 0 Å². The van der Waals surface area contributed by atoms with Crippen LogP contribution in [0, 0.1) is 0 Å². The fourth-order valence-electron chi connectivity index (χ4n) is 1.06. The van der Waals surface area contributed by atoms with Crippen molar-refractivity contribution in [3.8, 4) is 0 Å². The van der Waals surface area contributed by atoms with Gasteiger partial charge in [0.2, 0.25) is 0 Å². The van der Waals surface area contributed by atoms with Crippen LogP contribution in [0.3, 0.4) is 0 Å². The number of rotatable bonds is 1. The SMILES string of the molecule is BrC[C@H]1CCCCN1. The molecule has 1 nitrogen and oxygen atoms in total. The van der Waals surface area contributed by atoms with Crippen LogP contribution in [0.1, 0.15) is 19.3 Å². The van der Waals surface area contributed by atoms with Crippen LogP contribution in [0.2, 0.25) is 0 Å². The normalized spacial score (nSPS) is 30.4. The molecule has 1 heterocycles. The van der Waals surface area contributed by atoms with Crippen molar-refractivity contribution in [3.63, 3.8) is 0 Å². The van der Waals surface area contributed by atoms with E-state index in [2.05, 4.69) is 21.2 Å². The molecule has 1 rings (SSSR count). The fourth-order valence-corrected chi connectivity index (χ4v) is 1.61. The molecule has 0 bridgehead atoms. The summed E-state index contributed by atoms with van der Waals surface area (Å²) in [5, 5.41) is 4.54. The Morgan fingerprint density at radius 1 is 1.50 bits per heavy atom. The zero-order chi connectivity index (χ0) is 5.82. The molecule has 1 saturated heterocycles. The maximum atomic E-state index is 3.45. The first-order valence-electron chi connectivity index (χ1n) is 3.23. The lowest BCUT2D eigenvalue weighted by atomic mass is 10.1. The van der Waals surface area contributed by atoms with Crippen molar-refractivity contribution in [1.82, 2.24) is 5.32 Å². The molecule has 2 heteroatoms. The van der Waals surface area contributed by atoms with E-state index >= 15 is 0 Å². The highest BCUT2D eigenvalue weighted by Crippen LogP contribution is 2.07. The van der Waals surface area contributed by atoms with Crippen molar-refractivity contribution in [2.75, 3.05) is 11.9 Å². The third-order valence-corrected chi connectivity index (χ3v) is 2.38. The fraction of sp³-hybridized carbons (Fsp3) is 1.00. The highest BCUT2D eigenvalue weighted by molar-refractivity contribution is 9.09. The van der Waals surface area contributed by atoms with Crippen LogP contribution in [-0.4, -0.2) is 17.9 Å². The van der Waals surface area contributed by atoms with Crippen molar-refractivity contribution < 1.29 is 0 Å². The van der Waals surface area contributed by atoms with Crippen LogP contribution in [0.4, 0.5) is 0 Å². The standard InChI is InChI=1S/C6H12BrN/c7-5-6-3-1-2-4-8-6/h6,8H,1-5H2/t6-/m1/s1. The highest BCUT2D eigenvalue weighted by atomic mass is 79.9. The Balaban J connectivity index is 2.13. The Labute approximate surface area is 59.0 Å². The predicted molar refractivity (Wildman–Crippen MR) is 39.4 cm³/mol. The van der Waals surface area contributed by atoms with Crippen molar-refractivity contribution >= 4 is 15.9 Å². The van der Waals surface area contributed by atoms with Crippen LogP contribution < -0.4 is 5.32 Å². The summed E-state index contributed by atoms with van der Waals surface area (Å²) in [6.45, 7) is 1.22. The number of halogens is 1. The summed E-state index contributed by atoms with van der Waals surface area (Å²) < 4.78 is 0. The van der Waals surface area contributed by atoms with Crippen molar-refractivity contribution in [2.45, 2.75) is 25.3 Å². The molecule has 0 unspecified atom stereocenters. The van der Waals surface area contributed by atoms with Gasteiger partial charge in [0.15, 0.2) is 0 Å². The average molecular weight is 178 g/mol. The molecule has 48 valence electrons. The van der Waals surface area contributed by atoms with Crippen molar-refractivity contribution in [2.24, 2.45) is 0 Å². The highest BCUT2D eigenvalue weighted by Gasteiger charge is 2.09. The van der Waals surface area contributed by atoms with Gasteiger partial charge in [0.05, 0.1) is 0 Å². The van der Waals surface area contributed by atoms with Gasteiger partial charge in [-0.1, -0.05) is 22.4 Å². The van der Waals surface area contributed by atoms with E-state index < -0.39 is 0 Å². The van der Waals surface area contributed by atoms with Gasteiger partial charge in [0, 0.05) is 11.4 Å². The minimum atomic E-state index is 0.753. The van der Waals surface area contributed by atoms with Gasteiger partial charge in [-0.05, 0) is 19.4 Å². The van der Waals surface area contributed by atoms with Crippen LogP contribution in [0.15, 0.2) is 0 Å². The first-order chi connectivity index (χ1) is 3.93. The molecule has 0 amide bonds. The van der Waals surface area contributed by atoms with Gasteiger partial charge in [-0.2, -0.15) is 0 Å². The van der Waals surface area contributed by atoms with E-state index in [1.54, 1.807) is 0 Å². The molecular weight excluding hydrogens is 166 g/mol. The zero-order valence-electron chi connectivity index (χ0n) is 4.99. The van der Waals surface area contributed by atoms with Crippen LogP contribution in [-0.2, 0) is 0 Å². The lowest BCUT2D eigenvalue weighted by Crippen LogP contribution is -2.34. The molecule has 0 aliphatic carbocycles. The average Bonchev–Trinajstić information content (AvgIpc) is 1.90. The molecule has 0 radical (unpaired) electrons. The van der Waals surface area contributed by atoms with Crippen LogP contribution in [0.5, 0.6) is 0 Å². The number of alkyl halides is 1. The molecule has 1 atom stereocenters. The molecule has 1 N–H and O–H groups in total. The second-order valence-corrected chi connectivity index (χ2v) is 2.95. The summed E-state index contributed by atoms with van der Waals surface area (Å²) in [5.41, 5.74) is 0. The summed E-state index contributed by atoms with van der Waals surface area (Å²) in [4.78, 5) is 0. The Hall–Kier alpha value is 0.440. The Kier molecular flexibility index (Phi) is 2.84. The number of hydrogen-bond donors (Lipinski definition) is 1. The quantitative estimate of drug-likeness (QED) is 0.600. The molecule has 0 aromatic heterocycles. The van der Waals surface area contributed by atoms with Crippen molar-refractivity contribution in [1.29, 1.82) is 0 Å². The van der Waals surface area contributed by atoms with E-state index in [4.69, 9.17) is 0 Å². The van der Waals surface area contributed by atoms with Crippen LogP contribution in [0.25, 0.3) is 0 Å². The van der Waals surface area contributed by atoms with E-state index in [1.165, 1.54) is 25.8 Å². The molecule has 1 aliphatic heterocycles. The smallest absolute Gasteiger partial charge is 0.0186 e. The predicted octanol–water partition coefficient (Wildman–Crippen LogP) is 1.52. The van der Waals surface area contributed by atoms with Gasteiger partial charge in [-0.3, -0.25) is 0 Å². The largest absolute Gasteiger partial charge is 0.313 e. The number of hydrogen-bond acceptors (Lipinski definition) is 1. The topological polar surface area (TPSA) is 12.0 Å². The number of piperidine rings is 1. The third-order valence-electron chi connectivity index (χ3n) is 1.60. The molecule has 8 heavy (non-hydrogen) atoms. The molecule has 1 fully saturated rings. The Bertz CT molecular complexity index is 59.5. The van der Waals surface area contributed by atoms with E-state index in [9.17, 15) is 0 Å². The maximum Gasteiger partial charge on any atom is 0.0186 e. The van der Waals surface area contributed by atoms with E-state index in [0.29, 0.717) is 0 Å². The molecule has 1 aliphatic rings. The van der Waals surface area contributed by atoms with Gasteiger partial charge in [-0.25, -0.2) is 0 Å². The summed E-state index contributed by atoms with van der Waals surface area (Å²) in [6, 6.07) is 0.753. The maximum absolute atomic E-state index is 3.45. The zero-order valence-corrected chi connectivity index (χ0v) is 6.58.